The molecular formula is C12H13F2N3O4. The van der Waals surface area contributed by atoms with Gasteiger partial charge in [0.2, 0.25) is 5.91 Å². The Balaban J connectivity index is 2.58. The number of nitrogens with zero attached hydrogens (tertiary/aromatic N) is 2. The second-order valence-corrected chi connectivity index (χ2v) is 4.70. The minimum absolute atomic E-state index is 0.0318. The summed E-state index contributed by atoms with van der Waals surface area (Å²) in [7, 11) is 1.24. The number of halogens is 2. The highest BCUT2D eigenvalue weighted by Crippen LogP contribution is 2.42. The van der Waals surface area contributed by atoms with Crippen molar-refractivity contribution in [2.24, 2.45) is 5.73 Å². The third-order valence-corrected chi connectivity index (χ3v) is 3.24. The van der Waals surface area contributed by atoms with Crippen molar-refractivity contribution in [3.8, 4) is 5.75 Å². The van der Waals surface area contributed by atoms with Crippen molar-refractivity contribution in [2.45, 2.75) is 12.3 Å². The van der Waals surface area contributed by atoms with Crippen LogP contribution in [0.5, 0.6) is 5.75 Å². The van der Waals surface area contributed by atoms with Crippen LogP contribution in [0.1, 0.15) is 16.8 Å². The first kappa shape index (κ1) is 14.9. The standard InChI is InChI=1S/C12H13F2N3O4/c1-21-9-5-7(11(15)18)4-8(17(19)20)10(9)16-3-2-12(13,14)6-16/h4-5H,2-3,6H2,1H3,(H2,15,18). The second-order valence-electron chi connectivity index (χ2n) is 4.70. The average molecular weight is 301 g/mol. The molecule has 114 valence electrons. The number of alkyl halides is 2. The number of primary amides is 1. The van der Waals surface area contributed by atoms with Crippen LogP contribution >= 0.6 is 0 Å². The monoisotopic (exact) mass is 301 g/mol. The molecule has 7 nitrogen and oxygen atoms in total. The van der Waals surface area contributed by atoms with Gasteiger partial charge in [0, 0.05) is 24.6 Å². The molecule has 0 saturated carbocycles. The predicted molar refractivity (Wildman–Crippen MR) is 69.9 cm³/mol. The number of hydrogen-bond acceptors (Lipinski definition) is 5. The molecule has 0 bridgehead atoms. The molecule has 0 aromatic heterocycles. The van der Waals surface area contributed by atoms with Gasteiger partial charge in [-0.2, -0.15) is 0 Å². The zero-order valence-corrected chi connectivity index (χ0v) is 11.1. The van der Waals surface area contributed by atoms with E-state index in [2.05, 4.69) is 0 Å². The first-order valence-electron chi connectivity index (χ1n) is 6.04. The van der Waals surface area contributed by atoms with Crippen LogP contribution in [0.4, 0.5) is 20.2 Å². The largest absolute Gasteiger partial charge is 0.494 e. The molecule has 1 aromatic rings. The smallest absolute Gasteiger partial charge is 0.297 e. The Morgan fingerprint density at radius 1 is 1.52 bits per heavy atom. The summed E-state index contributed by atoms with van der Waals surface area (Å²) < 4.78 is 31.7. The number of anilines is 1. The van der Waals surface area contributed by atoms with Gasteiger partial charge in [0.15, 0.2) is 5.69 Å². The van der Waals surface area contributed by atoms with Crippen molar-refractivity contribution in [2.75, 3.05) is 25.1 Å². The van der Waals surface area contributed by atoms with E-state index in [-0.39, 0.29) is 23.5 Å². The molecule has 0 unspecified atom stereocenters. The summed E-state index contributed by atoms with van der Waals surface area (Å²) in [4.78, 5) is 22.8. The molecule has 1 saturated heterocycles. The Morgan fingerprint density at radius 2 is 2.19 bits per heavy atom. The summed E-state index contributed by atoms with van der Waals surface area (Å²) in [5, 5.41) is 11.2. The quantitative estimate of drug-likeness (QED) is 0.672. The highest BCUT2D eigenvalue weighted by Gasteiger charge is 2.41. The molecule has 0 atom stereocenters. The summed E-state index contributed by atoms with van der Waals surface area (Å²) in [6, 6.07) is 2.18. The summed E-state index contributed by atoms with van der Waals surface area (Å²) in [5.74, 6) is -3.81. The first-order chi connectivity index (χ1) is 9.75. The SMILES string of the molecule is COc1cc(C(N)=O)cc([N+](=O)[O-])c1N1CCC(F)(F)C1. The van der Waals surface area contributed by atoms with Gasteiger partial charge in [-0.3, -0.25) is 14.9 Å². The number of ether oxygens (including phenoxy) is 1. The highest BCUT2D eigenvalue weighted by molar-refractivity contribution is 5.95. The number of nitrogens with two attached hydrogens (primary N) is 1. The lowest BCUT2D eigenvalue weighted by atomic mass is 10.1. The van der Waals surface area contributed by atoms with Gasteiger partial charge in [-0.15, -0.1) is 0 Å². The Labute approximate surface area is 118 Å². The van der Waals surface area contributed by atoms with Crippen molar-refractivity contribution in [3.05, 3.63) is 27.8 Å². The van der Waals surface area contributed by atoms with E-state index in [0.717, 1.165) is 6.07 Å². The van der Waals surface area contributed by atoms with Gasteiger partial charge < -0.3 is 15.4 Å². The van der Waals surface area contributed by atoms with Crippen molar-refractivity contribution in [1.82, 2.24) is 0 Å². The molecule has 2 N–H and O–H groups in total. The molecular weight excluding hydrogens is 288 g/mol. The molecule has 0 radical (unpaired) electrons. The van der Waals surface area contributed by atoms with E-state index >= 15 is 0 Å². The van der Waals surface area contributed by atoms with Crippen molar-refractivity contribution >= 4 is 17.3 Å². The minimum Gasteiger partial charge on any atom is -0.494 e. The van der Waals surface area contributed by atoms with Crippen LogP contribution in [0, 0.1) is 10.1 Å². The summed E-state index contributed by atoms with van der Waals surface area (Å²) in [6.07, 6.45) is -0.398. The van der Waals surface area contributed by atoms with Crippen molar-refractivity contribution in [3.63, 3.8) is 0 Å². The number of carbonyl (C=O) groups is 1. The molecule has 9 heteroatoms. The van der Waals surface area contributed by atoms with Crippen LogP contribution in [0.3, 0.4) is 0 Å². The van der Waals surface area contributed by atoms with Crippen LogP contribution in [0.2, 0.25) is 0 Å². The van der Waals surface area contributed by atoms with E-state index in [1.165, 1.54) is 18.1 Å². The van der Waals surface area contributed by atoms with Gasteiger partial charge >= 0.3 is 0 Å². The van der Waals surface area contributed by atoms with E-state index in [0.29, 0.717) is 0 Å². The number of carbonyl (C=O) groups excluding carboxylic acids is 1. The lowest BCUT2D eigenvalue weighted by molar-refractivity contribution is -0.384. The maximum absolute atomic E-state index is 13.3. The molecule has 1 heterocycles. The normalized spacial score (nSPS) is 16.8. The van der Waals surface area contributed by atoms with E-state index < -0.39 is 35.4 Å². The zero-order valence-electron chi connectivity index (χ0n) is 11.1. The fourth-order valence-corrected chi connectivity index (χ4v) is 2.27. The van der Waals surface area contributed by atoms with Crippen LogP contribution in [-0.2, 0) is 0 Å². The van der Waals surface area contributed by atoms with Crippen molar-refractivity contribution < 1.29 is 23.2 Å². The van der Waals surface area contributed by atoms with Gasteiger partial charge in [-0.05, 0) is 6.07 Å². The van der Waals surface area contributed by atoms with Gasteiger partial charge in [0.1, 0.15) is 5.75 Å². The number of hydrogen-bond donors (Lipinski definition) is 1. The lowest BCUT2D eigenvalue weighted by Gasteiger charge is -2.21. The molecule has 21 heavy (non-hydrogen) atoms. The number of methoxy groups -OCH3 is 1. The predicted octanol–water partition coefficient (Wildman–Crippen LogP) is 1.55. The second kappa shape index (κ2) is 5.15. The fourth-order valence-electron chi connectivity index (χ4n) is 2.27. The van der Waals surface area contributed by atoms with Crippen molar-refractivity contribution in [1.29, 1.82) is 0 Å². The van der Waals surface area contributed by atoms with E-state index in [4.69, 9.17) is 10.5 Å². The lowest BCUT2D eigenvalue weighted by Crippen LogP contribution is -2.26. The highest BCUT2D eigenvalue weighted by atomic mass is 19.3. The first-order valence-corrected chi connectivity index (χ1v) is 6.04. The summed E-state index contributed by atoms with van der Waals surface area (Å²) >= 11 is 0. The molecule has 1 amide bonds. The Kier molecular flexibility index (Phi) is 3.67. The number of nitro benzene ring substituents is 1. The maximum atomic E-state index is 13.3. The number of rotatable bonds is 4. The third-order valence-electron chi connectivity index (χ3n) is 3.24. The molecule has 2 rings (SSSR count). The number of benzene rings is 1. The summed E-state index contributed by atoms with van der Waals surface area (Å²) in [5.41, 5.74) is 4.43. The van der Waals surface area contributed by atoms with Crippen LogP contribution in [-0.4, -0.2) is 37.0 Å². The molecule has 0 spiro atoms. The molecule has 1 aromatic carbocycles. The Morgan fingerprint density at radius 3 is 2.62 bits per heavy atom. The average Bonchev–Trinajstić information content (AvgIpc) is 2.76. The molecule has 1 fully saturated rings. The molecule has 0 aliphatic carbocycles. The fraction of sp³-hybridized carbons (Fsp3) is 0.417. The number of amides is 1. The van der Waals surface area contributed by atoms with Gasteiger partial charge in [-0.1, -0.05) is 0 Å². The van der Waals surface area contributed by atoms with Crippen LogP contribution < -0.4 is 15.4 Å². The summed E-state index contributed by atoms with van der Waals surface area (Å²) in [6.45, 7) is -0.680. The van der Waals surface area contributed by atoms with Gasteiger partial charge in [0.25, 0.3) is 11.6 Å². The van der Waals surface area contributed by atoms with Gasteiger partial charge in [-0.25, -0.2) is 8.78 Å². The third kappa shape index (κ3) is 2.86. The van der Waals surface area contributed by atoms with E-state index in [1.807, 2.05) is 0 Å². The van der Waals surface area contributed by atoms with Gasteiger partial charge in [0.05, 0.1) is 18.6 Å². The van der Waals surface area contributed by atoms with Crippen LogP contribution in [0.15, 0.2) is 12.1 Å². The Hall–Kier alpha value is -2.45. The Bertz CT molecular complexity index is 606. The minimum atomic E-state index is -2.92. The van der Waals surface area contributed by atoms with E-state index in [9.17, 15) is 23.7 Å². The van der Waals surface area contributed by atoms with Crippen LogP contribution in [0.25, 0.3) is 0 Å². The van der Waals surface area contributed by atoms with E-state index in [1.54, 1.807) is 0 Å². The number of nitro groups is 1. The topological polar surface area (TPSA) is 98.7 Å². The zero-order chi connectivity index (χ0) is 15.8. The molecule has 1 aliphatic rings. The molecule has 1 aliphatic heterocycles. The maximum Gasteiger partial charge on any atom is 0.297 e.